The molecule has 1 saturated heterocycles. The highest BCUT2D eigenvalue weighted by atomic mass is 35.5. The Bertz CT molecular complexity index is 692. The zero-order chi connectivity index (χ0) is 16.7. The van der Waals surface area contributed by atoms with Crippen LogP contribution < -0.4 is 11.1 Å². The predicted octanol–water partition coefficient (Wildman–Crippen LogP) is 1.99. The van der Waals surface area contributed by atoms with Gasteiger partial charge in [0.2, 0.25) is 5.91 Å². The zero-order valence-corrected chi connectivity index (χ0v) is 13.8. The fraction of sp³-hybridized carbons (Fsp3) is 0.333. The zero-order valence-electron chi connectivity index (χ0n) is 12.3. The van der Waals surface area contributed by atoms with E-state index in [0.717, 1.165) is 0 Å². The van der Waals surface area contributed by atoms with Crippen molar-refractivity contribution in [3.63, 3.8) is 0 Å². The van der Waals surface area contributed by atoms with Crippen molar-refractivity contribution in [3.8, 4) is 0 Å². The smallest absolute Gasteiger partial charge is 0.256 e. The van der Waals surface area contributed by atoms with Crippen LogP contribution in [0.2, 0.25) is 5.02 Å². The van der Waals surface area contributed by atoms with E-state index in [0.29, 0.717) is 17.0 Å². The lowest BCUT2D eigenvalue weighted by molar-refractivity contribution is -0.123. The molecule has 1 aromatic carbocycles. The van der Waals surface area contributed by atoms with Crippen molar-refractivity contribution in [2.75, 3.05) is 6.54 Å². The SMILES string of the molecule is C[C@H]1CNC(=O)[C@H]1N1C=C(C(N)=O)SC1c1cc(F)cc(Cl)c1. The molecule has 2 amide bonds. The average molecular weight is 356 g/mol. The van der Waals surface area contributed by atoms with Crippen molar-refractivity contribution in [1.29, 1.82) is 0 Å². The Morgan fingerprint density at radius 1 is 1.48 bits per heavy atom. The van der Waals surface area contributed by atoms with Gasteiger partial charge in [0.1, 0.15) is 17.2 Å². The van der Waals surface area contributed by atoms with Gasteiger partial charge in [-0.3, -0.25) is 9.59 Å². The number of carbonyl (C=O) groups excluding carboxylic acids is 2. The molecule has 1 aromatic rings. The van der Waals surface area contributed by atoms with Gasteiger partial charge in [0, 0.05) is 23.7 Å². The van der Waals surface area contributed by atoms with Crippen LogP contribution in [0.1, 0.15) is 17.9 Å². The molecule has 1 unspecified atom stereocenters. The molecule has 0 spiro atoms. The number of thioether (sulfide) groups is 1. The fourth-order valence-corrected chi connectivity index (χ4v) is 4.24. The molecule has 8 heteroatoms. The highest BCUT2D eigenvalue weighted by molar-refractivity contribution is 8.04. The molecule has 0 aromatic heterocycles. The van der Waals surface area contributed by atoms with Crippen molar-refractivity contribution in [2.45, 2.75) is 18.3 Å². The van der Waals surface area contributed by atoms with Crippen LogP contribution in [0, 0.1) is 11.7 Å². The maximum absolute atomic E-state index is 13.7. The van der Waals surface area contributed by atoms with E-state index in [9.17, 15) is 14.0 Å². The average Bonchev–Trinajstić information content (AvgIpc) is 3.02. The Balaban J connectivity index is 2.01. The molecule has 1 fully saturated rings. The summed E-state index contributed by atoms with van der Waals surface area (Å²) in [6.07, 6.45) is 1.59. The van der Waals surface area contributed by atoms with Crippen LogP contribution >= 0.6 is 23.4 Å². The van der Waals surface area contributed by atoms with Gasteiger partial charge in [-0.05, 0) is 23.8 Å². The van der Waals surface area contributed by atoms with Crippen molar-refractivity contribution in [3.05, 3.63) is 45.7 Å². The minimum atomic E-state index is -0.573. The number of nitrogens with zero attached hydrogens (tertiary/aromatic N) is 1. The van der Waals surface area contributed by atoms with E-state index >= 15 is 0 Å². The molecule has 0 saturated carbocycles. The van der Waals surface area contributed by atoms with Crippen molar-refractivity contribution < 1.29 is 14.0 Å². The molecule has 3 N–H and O–H groups in total. The van der Waals surface area contributed by atoms with Crippen molar-refractivity contribution in [2.24, 2.45) is 11.7 Å². The van der Waals surface area contributed by atoms with E-state index < -0.39 is 23.1 Å². The summed E-state index contributed by atoms with van der Waals surface area (Å²) in [7, 11) is 0. The standard InChI is InChI=1S/C15H15ClFN3O2S/c1-7-5-19-14(22)12(7)20-6-11(13(18)21)23-15(20)8-2-9(16)4-10(17)3-8/h2-4,6-7,12,15H,5H2,1H3,(H2,18,21)(H,19,22)/t7-,12-,15?/m0/s1. The molecule has 122 valence electrons. The number of benzene rings is 1. The van der Waals surface area contributed by atoms with Crippen LogP contribution in [0.15, 0.2) is 29.3 Å². The van der Waals surface area contributed by atoms with E-state index in [4.69, 9.17) is 17.3 Å². The Morgan fingerprint density at radius 2 is 2.22 bits per heavy atom. The molecule has 3 rings (SSSR count). The number of hydrogen-bond acceptors (Lipinski definition) is 4. The lowest BCUT2D eigenvalue weighted by Gasteiger charge is -2.31. The third-order valence-electron chi connectivity index (χ3n) is 3.92. The summed E-state index contributed by atoms with van der Waals surface area (Å²) in [6, 6.07) is 3.75. The van der Waals surface area contributed by atoms with E-state index in [1.54, 1.807) is 17.2 Å². The van der Waals surface area contributed by atoms with E-state index in [1.165, 1.54) is 23.9 Å². The summed E-state index contributed by atoms with van der Waals surface area (Å²) >= 11 is 7.13. The number of amides is 2. The Labute approximate surface area is 142 Å². The van der Waals surface area contributed by atoms with E-state index in [2.05, 4.69) is 5.32 Å². The first-order valence-corrected chi connectivity index (χ1v) is 8.32. The van der Waals surface area contributed by atoms with Crippen LogP contribution in [-0.4, -0.2) is 29.3 Å². The monoisotopic (exact) mass is 355 g/mol. The Morgan fingerprint density at radius 3 is 2.78 bits per heavy atom. The number of nitrogens with two attached hydrogens (primary N) is 1. The quantitative estimate of drug-likeness (QED) is 0.869. The molecule has 0 aliphatic carbocycles. The second-order valence-electron chi connectivity index (χ2n) is 5.65. The van der Waals surface area contributed by atoms with Crippen LogP contribution in [0.4, 0.5) is 4.39 Å². The maximum Gasteiger partial charge on any atom is 0.256 e. The van der Waals surface area contributed by atoms with Gasteiger partial charge in [0.15, 0.2) is 0 Å². The third-order valence-corrected chi connectivity index (χ3v) is 5.43. The lowest BCUT2D eigenvalue weighted by atomic mass is 10.0. The van der Waals surface area contributed by atoms with Gasteiger partial charge in [-0.15, -0.1) is 0 Å². The predicted molar refractivity (Wildman–Crippen MR) is 86.8 cm³/mol. The first-order valence-electron chi connectivity index (χ1n) is 7.06. The van der Waals surface area contributed by atoms with Crippen LogP contribution in [0.3, 0.4) is 0 Å². The number of rotatable bonds is 3. The third kappa shape index (κ3) is 3.03. The number of nitrogens with one attached hydrogen (secondary N) is 1. The first-order chi connectivity index (χ1) is 10.9. The van der Waals surface area contributed by atoms with Crippen LogP contribution in [0.5, 0.6) is 0 Å². The highest BCUT2D eigenvalue weighted by Gasteiger charge is 2.42. The summed E-state index contributed by atoms with van der Waals surface area (Å²) in [4.78, 5) is 25.8. The van der Waals surface area contributed by atoms with Gasteiger partial charge < -0.3 is 16.0 Å². The largest absolute Gasteiger partial charge is 0.365 e. The molecule has 2 aliphatic rings. The summed E-state index contributed by atoms with van der Waals surface area (Å²) < 4.78 is 13.7. The highest BCUT2D eigenvalue weighted by Crippen LogP contribution is 2.46. The second kappa shape index (κ2) is 6.05. The summed E-state index contributed by atoms with van der Waals surface area (Å²) in [5.41, 5.74) is 5.96. The molecule has 0 bridgehead atoms. The normalized spacial score (nSPS) is 27.1. The fourth-order valence-electron chi connectivity index (χ4n) is 2.89. The molecule has 5 nitrogen and oxygen atoms in total. The molecule has 0 radical (unpaired) electrons. The van der Waals surface area contributed by atoms with E-state index in [1.807, 2.05) is 6.92 Å². The summed E-state index contributed by atoms with van der Waals surface area (Å²) in [5, 5.41) is 2.63. The molecule has 23 heavy (non-hydrogen) atoms. The van der Waals surface area contributed by atoms with Gasteiger partial charge in [0.25, 0.3) is 5.91 Å². The van der Waals surface area contributed by atoms with Crippen molar-refractivity contribution in [1.82, 2.24) is 10.2 Å². The number of primary amides is 1. The molecular weight excluding hydrogens is 341 g/mol. The van der Waals surface area contributed by atoms with Crippen molar-refractivity contribution >= 4 is 35.2 Å². The molecule has 2 aliphatic heterocycles. The molecule has 3 atom stereocenters. The van der Waals surface area contributed by atoms with Gasteiger partial charge in [-0.25, -0.2) is 4.39 Å². The van der Waals surface area contributed by atoms with Gasteiger partial charge in [0.05, 0.1) is 4.91 Å². The first kappa shape index (κ1) is 16.1. The minimum absolute atomic E-state index is 0.0538. The van der Waals surface area contributed by atoms with Crippen LogP contribution in [-0.2, 0) is 9.59 Å². The number of hydrogen-bond donors (Lipinski definition) is 2. The summed E-state index contributed by atoms with van der Waals surface area (Å²) in [5.74, 6) is -1.11. The minimum Gasteiger partial charge on any atom is -0.365 e. The Hall–Kier alpha value is -1.73. The lowest BCUT2D eigenvalue weighted by Crippen LogP contribution is -2.40. The maximum atomic E-state index is 13.7. The molecule has 2 heterocycles. The Kier molecular flexibility index (Phi) is 4.25. The van der Waals surface area contributed by atoms with Gasteiger partial charge >= 0.3 is 0 Å². The second-order valence-corrected chi connectivity index (χ2v) is 7.20. The number of carbonyl (C=O) groups is 2. The topological polar surface area (TPSA) is 75.4 Å². The van der Waals surface area contributed by atoms with Gasteiger partial charge in [-0.1, -0.05) is 30.3 Å². The summed E-state index contributed by atoms with van der Waals surface area (Å²) in [6.45, 7) is 2.50. The van der Waals surface area contributed by atoms with Crippen LogP contribution in [0.25, 0.3) is 0 Å². The van der Waals surface area contributed by atoms with E-state index in [-0.39, 0.29) is 16.8 Å². The number of halogens is 2. The van der Waals surface area contributed by atoms with Gasteiger partial charge in [-0.2, -0.15) is 0 Å². The molecular formula is C15H15ClFN3O2S.